The Morgan fingerprint density at radius 3 is 2.95 bits per heavy atom. The lowest BCUT2D eigenvalue weighted by molar-refractivity contribution is -0.129. The molecule has 0 bridgehead atoms. The van der Waals surface area contributed by atoms with Crippen molar-refractivity contribution in [3.8, 4) is 11.3 Å². The quantitative estimate of drug-likeness (QED) is 0.895. The van der Waals surface area contributed by atoms with Crippen LogP contribution in [0.3, 0.4) is 0 Å². The van der Waals surface area contributed by atoms with Gasteiger partial charge in [-0.15, -0.1) is 11.3 Å². The van der Waals surface area contributed by atoms with Gasteiger partial charge in [0.15, 0.2) is 5.96 Å². The molecule has 5 nitrogen and oxygen atoms in total. The van der Waals surface area contributed by atoms with E-state index in [4.69, 9.17) is 5.41 Å². The van der Waals surface area contributed by atoms with E-state index >= 15 is 0 Å². The fourth-order valence-electron chi connectivity index (χ4n) is 2.38. The van der Waals surface area contributed by atoms with Gasteiger partial charge in [0.1, 0.15) is 0 Å². The molecule has 3 heterocycles. The molecule has 1 aliphatic heterocycles. The minimum absolute atomic E-state index is 0.0472. The molecule has 108 valence electrons. The third kappa shape index (κ3) is 2.42. The molecule has 2 aromatic rings. The van der Waals surface area contributed by atoms with E-state index < -0.39 is 5.54 Å². The molecule has 1 aliphatic rings. The largest absolute Gasteiger partial charge is 0.345 e. The molecule has 1 saturated heterocycles. The second-order valence-corrected chi connectivity index (χ2v) is 6.26. The average molecular weight is 300 g/mol. The number of carbonyl (C=O) groups is 1. The zero-order chi connectivity index (χ0) is 15.0. The van der Waals surface area contributed by atoms with E-state index in [1.54, 1.807) is 24.6 Å². The second-order valence-electron chi connectivity index (χ2n) is 5.35. The van der Waals surface area contributed by atoms with Gasteiger partial charge in [0.05, 0.1) is 17.7 Å². The maximum Gasteiger partial charge on any atom is 0.231 e. The number of aromatic nitrogens is 1. The van der Waals surface area contributed by atoms with Crippen molar-refractivity contribution in [3.05, 3.63) is 40.7 Å². The van der Waals surface area contributed by atoms with Crippen LogP contribution in [0.25, 0.3) is 11.3 Å². The lowest BCUT2D eigenvalue weighted by Crippen LogP contribution is -2.57. The van der Waals surface area contributed by atoms with Crippen LogP contribution >= 0.6 is 11.3 Å². The molecule has 2 N–H and O–H groups in total. The van der Waals surface area contributed by atoms with Crippen molar-refractivity contribution >= 4 is 23.2 Å². The highest BCUT2D eigenvalue weighted by atomic mass is 32.1. The zero-order valence-electron chi connectivity index (χ0n) is 11.9. The van der Waals surface area contributed by atoms with Crippen molar-refractivity contribution in [2.75, 3.05) is 7.05 Å². The van der Waals surface area contributed by atoms with Crippen LogP contribution in [0.1, 0.15) is 18.2 Å². The van der Waals surface area contributed by atoms with Crippen LogP contribution in [0.5, 0.6) is 0 Å². The number of thiophene rings is 1. The number of nitrogens with one attached hydrogen (secondary N) is 2. The Morgan fingerprint density at radius 2 is 2.29 bits per heavy atom. The van der Waals surface area contributed by atoms with E-state index in [1.807, 2.05) is 36.6 Å². The Bertz CT molecular complexity index is 677. The number of amides is 1. The summed E-state index contributed by atoms with van der Waals surface area (Å²) in [5.74, 6) is 0.0931. The van der Waals surface area contributed by atoms with Crippen molar-refractivity contribution in [3.63, 3.8) is 0 Å². The van der Waals surface area contributed by atoms with Crippen molar-refractivity contribution in [2.45, 2.75) is 18.9 Å². The standard InChI is InChI=1S/C15H16N4OS/c1-15(8-13(20)19(2)14(16)18-15)12-7-10(9-21-12)11-5-3-4-6-17-11/h3-7,9H,8H2,1-2H3,(H2,16,18)/t15-/m0/s1. The third-order valence-corrected chi connectivity index (χ3v) is 4.91. The molecule has 3 rings (SSSR count). The van der Waals surface area contributed by atoms with Crippen LogP contribution in [0.15, 0.2) is 35.8 Å². The SMILES string of the molecule is CN1C(=N)N[C@](C)(c2cc(-c3ccccn3)cs2)CC1=O. The molecule has 6 heteroatoms. The number of pyridine rings is 1. The number of rotatable bonds is 2. The van der Waals surface area contributed by atoms with Gasteiger partial charge in [0.2, 0.25) is 5.91 Å². The van der Waals surface area contributed by atoms with Crippen LogP contribution in [0.4, 0.5) is 0 Å². The van der Waals surface area contributed by atoms with E-state index in [0.29, 0.717) is 6.42 Å². The fraction of sp³-hybridized carbons (Fsp3) is 0.267. The second kappa shape index (κ2) is 4.96. The highest BCUT2D eigenvalue weighted by Crippen LogP contribution is 2.35. The fourth-order valence-corrected chi connectivity index (χ4v) is 3.40. The van der Waals surface area contributed by atoms with E-state index in [0.717, 1.165) is 16.1 Å². The van der Waals surface area contributed by atoms with Crippen molar-refractivity contribution in [1.29, 1.82) is 5.41 Å². The predicted octanol–water partition coefficient (Wildman–Crippen LogP) is 2.41. The van der Waals surface area contributed by atoms with Crippen LogP contribution in [0.2, 0.25) is 0 Å². The molecular weight excluding hydrogens is 284 g/mol. The van der Waals surface area contributed by atoms with Crippen LogP contribution < -0.4 is 5.32 Å². The first-order valence-electron chi connectivity index (χ1n) is 6.63. The summed E-state index contributed by atoms with van der Waals surface area (Å²) in [5.41, 5.74) is 1.42. The summed E-state index contributed by atoms with van der Waals surface area (Å²) < 4.78 is 0. The molecule has 1 atom stereocenters. The molecule has 21 heavy (non-hydrogen) atoms. The summed E-state index contributed by atoms with van der Waals surface area (Å²) in [6, 6.07) is 7.85. The third-order valence-electron chi connectivity index (χ3n) is 3.71. The molecule has 0 unspecified atom stereocenters. The van der Waals surface area contributed by atoms with Gasteiger partial charge >= 0.3 is 0 Å². The minimum atomic E-state index is -0.529. The molecule has 0 spiro atoms. The monoisotopic (exact) mass is 300 g/mol. The lowest BCUT2D eigenvalue weighted by Gasteiger charge is -2.38. The summed E-state index contributed by atoms with van der Waals surface area (Å²) in [7, 11) is 1.62. The highest BCUT2D eigenvalue weighted by Gasteiger charge is 2.38. The maximum absolute atomic E-state index is 12.0. The highest BCUT2D eigenvalue weighted by molar-refractivity contribution is 7.10. The summed E-state index contributed by atoms with van der Waals surface area (Å²) >= 11 is 1.59. The molecule has 0 radical (unpaired) electrons. The lowest BCUT2D eigenvalue weighted by atomic mass is 9.92. The first-order chi connectivity index (χ1) is 9.99. The van der Waals surface area contributed by atoms with Crippen LogP contribution in [-0.2, 0) is 10.3 Å². The Kier molecular flexibility index (Phi) is 3.25. The predicted molar refractivity (Wildman–Crippen MR) is 83.2 cm³/mol. The first-order valence-corrected chi connectivity index (χ1v) is 7.51. The van der Waals surface area contributed by atoms with Gasteiger partial charge in [-0.2, -0.15) is 0 Å². The topological polar surface area (TPSA) is 69.1 Å². The van der Waals surface area contributed by atoms with E-state index in [1.165, 1.54) is 4.90 Å². The Hall–Kier alpha value is -2.21. The minimum Gasteiger partial charge on any atom is -0.345 e. The average Bonchev–Trinajstić information content (AvgIpc) is 2.96. The number of carbonyl (C=O) groups excluding carboxylic acids is 1. The summed E-state index contributed by atoms with van der Waals surface area (Å²) in [5, 5.41) is 13.1. The molecule has 0 aliphatic carbocycles. The van der Waals surface area contributed by atoms with E-state index in [9.17, 15) is 4.79 Å². The first kappa shape index (κ1) is 13.8. The maximum atomic E-state index is 12.0. The van der Waals surface area contributed by atoms with Gasteiger partial charge in [0.25, 0.3) is 0 Å². The van der Waals surface area contributed by atoms with Gasteiger partial charge in [-0.25, -0.2) is 0 Å². The zero-order valence-corrected chi connectivity index (χ0v) is 12.7. The van der Waals surface area contributed by atoms with E-state index in [2.05, 4.69) is 10.3 Å². The van der Waals surface area contributed by atoms with Crippen LogP contribution in [0, 0.1) is 5.41 Å². The summed E-state index contributed by atoms with van der Waals surface area (Å²) in [4.78, 5) is 18.7. The van der Waals surface area contributed by atoms with Crippen molar-refractivity contribution in [1.82, 2.24) is 15.2 Å². The number of hydrogen-bond donors (Lipinski definition) is 2. The van der Waals surface area contributed by atoms with Gasteiger partial charge in [0, 0.05) is 29.1 Å². The van der Waals surface area contributed by atoms with Crippen molar-refractivity contribution in [2.24, 2.45) is 0 Å². The molecule has 1 amide bonds. The molecule has 1 fully saturated rings. The van der Waals surface area contributed by atoms with Gasteiger partial charge < -0.3 is 5.32 Å². The Balaban J connectivity index is 1.93. The number of guanidine groups is 1. The van der Waals surface area contributed by atoms with Crippen molar-refractivity contribution < 1.29 is 4.79 Å². The number of nitrogens with zero attached hydrogens (tertiary/aromatic N) is 2. The van der Waals surface area contributed by atoms with Gasteiger partial charge in [-0.3, -0.25) is 20.1 Å². The molecule has 0 saturated carbocycles. The molecule has 0 aromatic carbocycles. The van der Waals surface area contributed by atoms with Gasteiger partial charge in [-0.1, -0.05) is 6.07 Å². The molecule has 2 aromatic heterocycles. The number of hydrogen-bond acceptors (Lipinski definition) is 4. The summed E-state index contributed by atoms with van der Waals surface area (Å²) in [6.07, 6.45) is 2.11. The van der Waals surface area contributed by atoms with Gasteiger partial charge in [-0.05, 0) is 25.1 Å². The smallest absolute Gasteiger partial charge is 0.231 e. The Labute approximate surface area is 127 Å². The molecular formula is C15H16N4OS. The van der Waals surface area contributed by atoms with E-state index in [-0.39, 0.29) is 11.9 Å². The van der Waals surface area contributed by atoms with Crippen LogP contribution in [-0.4, -0.2) is 28.8 Å². The normalized spacial score (nSPS) is 22.3. The summed E-state index contributed by atoms with van der Waals surface area (Å²) in [6.45, 7) is 1.96. The Morgan fingerprint density at radius 1 is 1.48 bits per heavy atom.